The van der Waals surface area contributed by atoms with Crippen LogP contribution < -0.4 is 18.9 Å². The van der Waals surface area contributed by atoms with E-state index in [2.05, 4.69) is 161 Å². The van der Waals surface area contributed by atoms with Gasteiger partial charge in [-0.3, -0.25) is 0 Å². The van der Waals surface area contributed by atoms with E-state index in [0.29, 0.717) is 5.92 Å². The highest BCUT2D eigenvalue weighted by Crippen LogP contribution is 2.51. The van der Waals surface area contributed by atoms with E-state index >= 15 is 0 Å². The van der Waals surface area contributed by atoms with Crippen LogP contribution in [0.15, 0.2) is 128 Å². The minimum Gasteiger partial charge on any atom is -0.338 e. The topological polar surface area (TPSA) is 14.2 Å². The highest BCUT2D eigenvalue weighted by molar-refractivity contribution is 6.06. The van der Waals surface area contributed by atoms with Crippen molar-refractivity contribution in [2.75, 3.05) is 16.3 Å². The van der Waals surface area contributed by atoms with E-state index in [1.807, 2.05) is 0 Å². The molecule has 0 N–H and O–H groups in total. The lowest BCUT2D eigenvalue weighted by molar-refractivity contribution is -0.701. The van der Waals surface area contributed by atoms with Crippen molar-refractivity contribution < 1.29 is 9.13 Å². The highest BCUT2D eigenvalue weighted by Gasteiger charge is 2.29. The van der Waals surface area contributed by atoms with Crippen LogP contribution >= 0.6 is 0 Å². The molecule has 4 heteroatoms. The van der Waals surface area contributed by atoms with E-state index in [4.69, 9.17) is 0 Å². The summed E-state index contributed by atoms with van der Waals surface area (Å²) in [5.74, 6) is 0.520. The summed E-state index contributed by atoms with van der Waals surface area (Å²) in [6.07, 6.45) is 12.6. The molecule has 0 aliphatic carbocycles. The zero-order valence-electron chi connectivity index (χ0n) is 25.2. The van der Waals surface area contributed by atoms with Crippen molar-refractivity contribution >= 4 is 50.0 Å². The van der Waals surface area contributed by atoms with Gasteiger partial charge in [-0.15, -0.1) is 0 Å². The van der Waals surface area contributed by atoms with E-state index in [1.54, 1.807) is 0 Å². The van der Waals surface area contributed by atoms with Crippen LogP contribution in [0.3, 0.4) is 0 Å². The first kappa shape index (κ1) is 27.2. The molecule has 0 radical (unpaired) electrons. The van der Waals surface area contributed by atoms with Crippen LogP contribution in [0.25, 0.3) is 21.5 Å². The van der Waals surface area contributed by atoms with Crippen LogP contribution in [0.5, 0.6) is 0 Å². The first-order chi connectivity index (χ1) is 21.2. The average molecular weight is 565 g/mol. The number of hydrogen-bond acceptors (Lipinski definition) is 2. The summed E-state index contributed by atoms with van der Waals surface area (Å²) in [7, 11) is 0. The zero-order chi connectivity index (χ0) is 29.2. The van der Waals surface area contributed by atoms with Gasteiger partial charge in [-0.2, -0.15) is 0 Å². The second-order valence-electron chi connectivity index (χ2n) is 11.9. The molecule has 0 spiro atoms. The van der Waals surface area contributed by atoms with Gasteiger partial charge in [0, 0.05) is 58.2 Å². The number of unbranched alkanes of at least 4 members (excludes halogenated alkanes) is 1. The Bertz CT molecular complexity index is 1830. The number of anilines is 5. The summed E-state index contributed by atoms with van der Waals surface area (Å²) in [5.41, 5.74) is 6.17. The molecule has 1 atom stereocenters. The summed E-state index contributed by atoms with van der Waals surface area (Å²) >= 11 is 0. The lowest BCUT2D eigenvalue weighted by Gasteiger charge is -2.40. The number of pyridine rings is 2. The molecule has 0 saturated heterocycles. The van der Waals surface area contributed by atoms with E-state index < -0.39 is 0 Å². The summed E-state index contributed by atoms with van der Waals surface area (Å²) in [6, 6.07) is 37.5. The largest absolute Gasteiger partial charge is 0.338 e. The SMILES string of the molecule is CCCC[n+]1ccc2c(ccc3c[n+](CC(C)CCN4c5ccccc5N(c5ccccc5)c5ccccc54)ccc32)c1. The third-order valence-corrected chi connectivity index (χ3v) is 8.81. The van der Waals surface area contributed by atoms with Gasteiger partial charge in [0.15, 0.2) is 31.3 Å². The van der Waals surface area contributed by atoms with Gasteiger partial charge in [0.05, 0.1) is 22.7 Å². The Balaban J connectivity index is 1.10. The Kier molecular flexibility index (Phi) is 7.51. The molecule has 43 heavy (non-hydrogen) atoms. The number of aryl methyl sites for hydroxylation is 1. The molecule has 0 fully saturated rings. The van der Waals surface area contributed by atoms with Crippen molar-refractivity contribution in [2.45, 2.75) is 46.2 Å². The zero-order valence-corrected chi connectivity index (χ0v) is 25.2. The van der Waals surface area contributed by atoms with Crippen LogP contribution in [-0.2, 0) is 13.1 Å². The molecular formula is C39H40N4+2. The molecule has 0 bridgehead atoms. The molecular weight excluding hydrogens is 524 g/mol. The van der Waals surface area contributed by atoms with Crippen molar-refractivity contribution in [1.29, 1.82) is 0 Å². The number of benzene rings is 4. The van der Waals surface area contributed by atoms with Gasteiger partial charge in [-0.25, -0.2) is 9.13 Å². The Labute approximate surface area is 255 Å². The fourth-order valence-electron chi connectivity index (χ4n) is 6.56. The molecule has 214 valence electrons. The Morgan fingerprint density at radius 1 is 0.628 bits per heavy atom. The molecule has 7 rings (SSSR count). The van der Waals surface area contributed by atoms with Gasteiger partial charge in [-0.1, -0.05) is 62.7 Å². The van der Waals surface area contributed by atoms with Crippen LogP contribution in [0.1, 0.15) is 33.1 Å². The van der Waals surface area contributed by atoms with Crippen molar-refractivity contribution in [2.24, 2.45) is 5.92 Å². The van der Waals surface area contributed by atoms with Crippen LogP contribution in [0.2, 0.25) is 0 Å². The van der Waals surface area contributed by atoms with Crippen molar-refractivity contribution in [3.8, 4) is 0 Å². The second kappa shape index (κ2) is 11.9. The molecule has 2 aromatic heterocycles. The predicted molar refractivity (Wildman–Crippen MR) is 179 cm³/mol. The van der Waals surface area contributed by atoms with Gasteiger partial charge < -0.3 is 9.80 Å². The summed E-state index contributed by atoms with van der Waals surface area (Å²) in [4.78, 5) is 4.91. The molecule has 6 aromatic rings. The third-order valence-electron chi connectivity index (χ3n) is 8.81. The minimum atomic E-state index is 0.520. The second-order valence-corrected chi connectivity index (χ2v) is 11.9. The molecule has 3 heterocycles. The number of nitrogens with zero attached hydrogens (tertiary/aromatic N) is 4. The molecule has 4 nitrogen and oxygen atoms in total. The normalized spacial score (nSPS) is 13.3. The van der Waals surface area contributed by atoms with Gasteiger partial charge >= 0.3 is 0 Å². The first-order valence-electron chi connectivity index (χ1n) is 15.7. The average Bonchev–Trinajstić information content (AvgIpc) is 3.05. The Hall–Kier alpha value is -4.70. The lowest BCUT2D eigenvalue weighted by atomic mass is 10.0. The van der Waals surface area contributed by atoms with E-state index in [0.717, 1.165) is 26.1 Å². The summed E-state index contributed by atoms with van der Waals surface area (Å²) in [5, 5.41) is 5.27. The number of fused-ring (bicyclic) bond motifs is 5. The van der Waals surface area contributed by atoms with E-state index in [1.165, 1.54) is 62.8 Å². The third kappa shape index (κ3) is 5.34. The maximum atomic E-state index is 2.52. The molecule has 1 aliphatic heterocycles. The standard InChI is InChI=1S/C39H40N4/c1-3-4-23-40-24-21-34-31(28-40)18-19-32-29-41(25-22-35(32)34)27-30(2)20-26-42-36-14-8-10-16-38(36)43(33-12-6-5-7-13-33)39-17-11-9-15-37(39)42/h5-19,21-22,24-25,28-30H,3-4,20,23,26-27H2,1-2H3/q+2. The maximum Gasteiger partial charge on any atom is 0.176 e. The van der Waals surface area contributed by atoms with Gasteiger partial charge in [0.2, 0.25) is 0 Å². The fourth-order valence-corrected chi connectivity index (χ4v) is 6.56. The predicted octanol–water partition coefficient (Wildman–Crippen LogP) is 9.02. The van der Waals surface area contributed by atoms with Gasteiger partial charge in [-0.05, 0) is 55.0 Å². The van der Waals surface area contributed by atoms with Gasteiger partial charge in [0.1, 0.15) is 6.54 Å². The molecule has 0 amide bonds. The number of para-hydroxylation sites is 5. The van der Waals surface area contributed by atoms with Crippen molar-refractivity contribution in [3.63, 3.8) is 0 Å². The van der Waals surface area contributed by atoms with Crippen molar-refractivity contribution in [3.05, 3.63) is 128 Å². The monoisotopic (exact) mass is 564 g/mol. The highest BCUT2D eigenvalue weighted by atomic mass is 15.3. The smallest absolute Gasteiger partial charge is 0.176 e. The lowest BCUT2D eigenvalue weighted by Crippen LogP contribution is -2.37. The Morgan fingerprint density at radius 3 is 1.81 bits per heavy atom. The van der Waals surface area contributed by atoms with E-state index in [-0.39, 0.29) is 0 Å². The first-order valence-corrected chi connectivity index (χ1v) is 15.7. The van der Waals surface area contributed by atoms with E-state index in [9.17, 15) is 0 Å². The Morgan fingerprint density at radius 2 is 1.19 bits per heavy atom. The number of rotatable bonds is 9. The maximum absolute atomic E-state index is 2.52. The quantitative estimate of drug-likeness (QED) is 0.128. The molecule has 1 unspecified atom stereocenters. The minimum absolute atomic E-state index is 0.520. The van der Waals surface area contributed by atoms with Crippen molar-refractivity contribution in [1.82, 2.24) is 0 Å². The molecule has 1 aliphatic rings. The fraction of sp³-hybridized carbons (Fsp3) is 0.231. The van der Waals surface area contributed by atoms with Gasteiger partial charge in [0.25, 0.3) is 0 Å². The summed E-state index contributed by atoms with van der Waals surface area (Å²) < 4.78 is 4.69. The molecule has 0 saturated carbocycles. The number of hydrogen-bond donors (Lipinski definition) is 0. The molecule has 4 aromatic carbocycles. The summed E-state index contributed by atoms with van der Waals surface area (Å²) in [6.45, 7) is 7.67. The number of aromatic nitrogens is 2. The van der Waals surface area contributed by atoms with Crippen LogP contribution in [0.4, 0.5) is 28.4 Å². The van der Waals surface area contributed by atoms with Crippen LogP contribution in [0, 0.1) is 5.92 Å². The van der Waals surface area contributed by atoms with Crippen LogP contribution in [-0.4, -0.2) is 6.54 Å².